The van der Waals surface area contributed by atoms with Crippen molar-refractivity contribution < 1.29 is 14.9 Å². The summed E-state index contributed by atoms with van der Waals surface area (Å²) in [7, 11) is 0. The molecule has 0 amide bonds. The quantitative estimate of drug-likeness (QED) is 0.664. The summed E-state index contributed by atoms with van der Waals surface area (Å²) in [4.78, 5) is 2.13. The molecule has 2 aliphatic rings. The van der Waals surface area contributed by atoms with Crippen molar-refractivity contribution in [3.05, 3.63) is 0 Å². The highest BCUT2D eigenvalue weighted by Crippen LogP contribution is 2.27. The van der Waals surface area contributed by atoms with Crippen molar-refractivity contribution in [2.24, 2.45) is 11.7 Å². The van der Waals surface area contributed by atoms with Gasteiger partial charge in [0.25, 0.3) is 0 Å². The molecule has 1 aliphatic heterocycles. The molecule has 0 unspecified atom stereocenters. The fourth-order valence-electron chi connectivity index (χ4n) is 3.39. The van der Waals surface area contributed by atoms with Crippen LogP contribution in [0.3, 0.4) is 0 Å². The van der Waals surface area contributed by atoms with Crippen LogP contribution in [0.2, 0.25) is 0 Å². The molecule has 1 heterocycles. The van der Waals surface area contributed by atoms with Gasteiger partial charge in [-0.3, -0.25) is 4.90 Å². The number of morpholine rings is 1. The smallest absolute Gasteiger partial charge is 0.0962 e. The van der Waals surface area contributed by atoms with Crippen molar-refractivity contribution >= 4 is 24.8 Å². The molecule has 5 nitrogen and oxygen atoms in total. The van der Waals surface area contributed by atoms with Gasteiger partial charge < -0.3 is 20.7 Å². The highest BCUT2D eigenvalue weighted by molar-refractivity contribution is 5.85. The third-order valence-corrected chi connectivity index (χ3v) is 4.71. The van der Waals surface area contributed by atoms with E-state index in [2.05, 4.69) is 4.90 Å². The topological polar surface area (TPSA) is 79.0 Å². The number of β-amino-alcohol motifs (C(OH)–C–C–N with tert-alkyl or cyclic N) is 1. The van der Waals surface area contributed by atoms with Crippen LogP contribution in [0, 0.1) is 5.92 Å². The van der Waals surface area contributed by atoms with Crippen LogP contribution >= 0.6 is 24.8 Å². The molecule has 1 saturated carbocycles. The Morgan fingerprint density at radius 3 is 2.23 bits per heavy atom. The van der Waals surface area contributed by atoms with Crippen LogP contribution in [0.15, 0.2) is 0 Å². The van der Waals surface area contributed by atoms with Crippen molar-refractivity contribution in [1.29, 1.82) is 0 Å². The molecular weight excluding hydrogens is 327 g/mol. The predicted molar refractivity (Wildman–Crippen MR) is 92.9 cm³/mol. The van der Waals surface area contributed by atoms with E-state index >= 15 is 0 Å². The zero-order valence-electron chi connectivity index (χ0n) is 13.2. The lowest BCUT2D eigenvalue weighted by atomic mass is 9.83. The van der Waals surface area contributed by atoms with Gasteiger partial charge in [-0.25, -0.2) is 0 Å². The number of aliphatic hydroxyl groups is 2. The second-order valence-corrected chi connectivity index (χ2v) is 6.37. The maximum atomic E-state index is 10.2. The number of nitrogens with two attached hydrogens (primary N) is 1. The second kappa shape index (κ2) is 11.8. The largest absolute Gasteiger partial charge is 0.389 e. The molecule has 0 radical (unpaired) electrons. The molecule has 0 bridgehead atoms. The van der Waals surface area contributed by atoms with E-state index in [4.69, 9.17) is 10.5 Å². The van der Waals surface area contributed by atoms with Crippen LogP contribution < -0.4 is 5.73 Å². The first-order valence-electron chi connectivity index (χ1n) is 8.08. The number of hydrogen-bond donors (Lipinski definition) is 3. The second-order valence-electron chi connectivity index (χ2n) is 6.37. The van der Waals surface area contributed by atoms with Gasteiger partial charge in [-0.2, -0.15) is 0 Å². The molecule has 2 fully saturated rings. The third kappa shape index (κ3) is 7.30. The minimum atomic E-state index is -0.820. The highest BCUT2D eigenvalue weighted by atomic mass is 35.5. The molecule has 4 N–H and O–H groups in total. The molecule has 0 aromatic rings. The lowest BCUT2D eigenvalue weighted by Gasteiger charge is -2.33. The maximum Gasteiger partial charge on any atom is 0.0962 e. The number of aliphatic hydroxyl groups excluding tert-OH is 2. The van der Waals surface area contributed by atoms with Crippen LogP contribution in [0.25, 0.3) is 0 Å². The molecule has 1 aliphatic carbocycles. The number of nitrogens with zero attached hydrogens (tertiary/aromatic N) is 1. The minimum Gasteiger partial charge on any atom is -0.389 e. The first-order chi connectivity index (χ1) is 9.66. The van der Waals surface area contributed by atoms with E-state index < -0.39 is 12.2 Å². The van der Waals surface area contributed by atoms with Gasteiger partial charge in [-0.1, -0.05) is 32.1 Å². The summed E-state index contributed by atoms with van der Waals surface area (Å²) in [6, 6.07) is -0.311. The van der Waals surface area contributed by atoms with Gasteiger partial charge in [-0.05, 0) is 12.3 Å². The zero-order chi connectivity index (χ0) is 14.4. The summed E-state index contributed by atoms with van der Waals surface area (Å²) in [6.45, 7) is 3.54. The van der Waals surface area contributed by atoms with E-state index in [-0.39, 0.29) is 30.9 Å². The Balaban J connectivity index is 0.00000220. The summed E-state index contributed by atoms with van der Waals surface area (Å²) < 4.78 is 5.28. The number of rotatable bonds is 6. The summed E-state index contributed by atoms with van der Waals surface area (Å²) in [6.07, 6.45) is 5.59. The van der Waals surface area contributed by atoms with Crippen LogP contribution in [0.1, 0.15) is 38.5 Å². The minimum absolute atomic E-state index is 0. The van der Waals surface area contributed by atoms with Crippen molar-refractivity contribution in [2.75, 3.05) is 32.8 Å². The molecule has 22 heavy (non-hydrogen) atoms. The van der Waals surface area contributed by atoms with Gasteiger partial charge in [0.05, 0.1) is 25.4 Å². The summed E-state index contributed by atoms with van der Waals surface area (Å²) >= 11 is 0. The van der Waals surface area contributed by atoms with Gasteiger partial charge >= 0.3 is 0 Å². The Bertz CT molecular complexity index is 250. The van der Waals surface area contributed by atoms with Crippen molar-refractivity contribution in [1.82, 2.24) is 4.90 Å². The Labute approximate surface area is 146 Å². The van der Waals surface area contributed by atoms with Crippen molar-refractivity contribution in [3.8, 4) is 0 Å². The normalized spacial score (nSPS) is 24.7. The zero-order valence-corrected chi connectivity index (χ0v) is 14.9. The monoisotopic (exact) mass is 358 g/mol. The molecule has 7 heteroatoms. The standard InChI is InChI=1S/C15H30N2O3.2ClH/c16-13(10-12-4-2-1-3-5-12)15(19)14(18)11-17-6-8-20-9-7-17;;/h12-15,18-19H,1-11,16H2;2*1H/t13-,14+,15+;;/m0../s1. The van der Waals surface area contributed by atoms with Crippen LogP contribution in [0.4, 0.5) is 0 Å². The first-order valence-corrected chi connectivity index (χ1v) is 8.08. The van der Waals surface area contributed by atoms with Gasteiger partial charge in [0.2, 0.25) is 0 Å². The molecule has 0 spiro atoms. The number of hydrogen-bond acceptors (Lipinski definition) is 5. The average molecular weight is 359 g/mol. The van der Waals surface area contributed by atoms with Crippen molar-refractivity contribution in [3.63, 3.8) is 0 Å². The SMILES string of the molecule is Cl.Cl.N[C@@H](CC1CCCCC1)[C@@H](O)[C@H](O)CN1CCOCC1. The van der Waals surface area contributed by atoms with E-state index in [1.165, 1.54) is 32.1 Å². The Hall–Kier alpha value is 0.380. The molecule has 134 valence electrons. The Morgan fingerprint density at radius 1 is 1.05 bits per heavy atom. The van der Waals surface area contributed by atoms with Gasteiger partial charge in [-0.15, -0.1) is 24.8 Å². The summed E-state index contributed by atoms with van der Waals surface area (Å²) in [5.41, 5.74) is 6.10. The Morgan fingerprint density at radius 2 is 1.64 bits per heavy atom. The molecule has 0 aromatic carbocycles. The fraction of sp³-hybridized carbons (Fsp3) is 1.00. The summed E-state index contributed by atoms with van der Waals surface area (Å²) in [5, 5.41) is 20.4. The average Bonchev–Trinajstić information content (AvgIpc) is 2.48. The number of ether oxygens (including phenoxy) is 1. The maximum absolute atomic E-state index is 10.2. The summed E-state index contributed by atoms with van der Waals surface area (Å²) in [5.74, 6) is 0.629. The van der Waals surface area contributed by atoms with E-state index in [0.717, 1.165) is 19.5 Å². The molecular formula is C15H32Cl2N2O3. The van der Waals surface area contributed by atoms with Crippen LogP contribution in [-0.2, 0) is 4.74 Å². The van der Waals surface area contributed by atoms with Gasteiger partial charge in [0.15, 0.2) is 0 Å². The van der Waals surface area contributed by atoms with Crippen molar-refractivity contribution in [2.45, 2.75) is 56.8 Å². The molecule has 1 saturated heterocycles. The predicted octanol–water partition coefficient (Wildman–Crippen LogP) is 1.18. The third-order valence-electron chi connectivity index (χ3n) is 4.71. The first kappa shape index (κ1) is 22.4. The van der Waals surface area contributed by atoms with E-state index in [1.807, 2.05) is 0 Å². The molecule has 3 atom stereocenters. The van der Waals surface area contributed by atoms with Crippen LogP contribution in [-0.4, -0.2) is 66.2 Å². The molecule has 2 rings (SSSR count). The van der Waals surface area contributed by atoms with E-state index in [0.29, 0.717) is 25.7 Å². The van der Waals surface area contributed by atoms with E-state index in [1.54, 1.807) is 0 Å². The fourth-order valence-corrected chi connectivity index (χ4v) is 3.39. The van der Waals surface area contributed by atoms with Gasteiger partial charge in [0, 0.05) is 25.7 Å². The highest BCUT2D eigenvalue weighted by Gasteiger charge is 2.28. The van der Waals surface area contributed by atoms with Gasteiger partial charge in [0.1, 0.15) is 0 Å². The molecule has 0 aromatic heterocycles. The van der Waals surface area contributed by atoms with Crippen LogP contribution in [0.5, 0.6) is 0 Å². The lowest BCUT2D eigenvalue weighted by molar-refractivity contribution is -0.0390. The number of halogens is 2. The van der Waals surface area contributed by atoms with E-state index in [9.17, 15) is 10.2 Å². The Kier molecular flexibility index (Phi) is 12.0. The lowest BCUT2D eigenvalue weighted by Crippen LogP contribution is -2.50.